The van der Waals surface area contributed by atoms with Gasteiger partial charge in [0.05, 0.1) is 34.2 Å². The first-order valence-electron chi connectivity index (χ1n) is 25.2. The summed E-state index contributed by atoms with van der Waals surface area (Å²) in [6.07, 6.45) is 10.1. The molecule has 0 amide bonds. The van der Waals surface area contributed by atoms with Crippen molar-refractivity contribution in [2.24, 2.45) is 0 Å². The summed E-state index contributed by atoms with van der Waals surface area (Å²) in [5.74, 6) is 1.81. The third kappa shape index (κ3) is 7.68. The van der Waals surface area contributed by atoms with Crippen molar-refractivity contribution in [2.75, 3.05) is 39.3 Å². The van der Waals surface area contributed by atoms with Crippen molar-refractivity contribution >= 4 is 44.4 Å². The summed E-state index contributed by atoms with van der Waals surface area (Å²) in [5, 5.41) is 9.65. The first kappa shape index (κ1) is 43.0. The van der Waals surface area contributed by atoms with E-state index in [9.17, 15) is 0 Å². The molecular weight excluding hydrogens is 841 g/mol. The zero-order valence-electron chi connectivity index (χ0n) is 38.8. The summed E-state index contributed by atoms with van der Waals surface area (Å²) >= 11 is 0. The van der Waals surface area contributed by atoms with Crippen LogP contribution in [0.2, 0.25) is 0 Å². The molecule has 4 atom stereocenters. The van der Waals surface area contributed by atoms with Gasteiger partial charge in [-0.1, -0.05) is 110 Å². The van der Waals surface area contributed by atoms with Crippen LogP contribution in [0.25, 0.3) is 55.1 Å². The van der Waals surface area contributed by atoms with E-state index in [1.807, 2.05) is 36.4 Å². The summed E-state index contributed by atoms with van der Waals surface area (Å²) in [4.78, 5) is 52.5. The van der Waals surface area contributed by atoms with Crippen molar-refractivity contribution in [3.05, 3.63) is 156 Å². The highest BCUT2D eigenvalue weighted by molar-refractivity contribution is 5.97. The second kappa shape index (κ2) is 18.0. The fraction of sp³-hybridized carbons (Fsp3) is 0.345. The molecule has 0 radical (unpaired) electrons. The smallest absolute Gasteiger partial charge is 0.182 e. The van der Waals surface area contributed by atoms with Gasteiger partial charge >= 0.3 is 0 Å². The molecule has 4 aliphatic heterocycles. The molecular formula is C58H60N8O2. The number of carbonyl (C=O) groups excluding carboxylic acids is 2. The lowest BCUT2D eigenvalue weighted by atomic mass is 9.83. The minimum Gasteiger partial charge on any atom is -0.340 e. The molecule has 6 heterocycles. The van der Waals surface area contributed by atoms with Gasteiger partial charge in [-0.25, -0.2) is 9.97 Å². The monoisotopic (exact) mass is 900 g/mol. The number of imidazole rings is 2. The molecule has 4 N–H and O–H groups in total. The van der Waals surface area contributed by atoms with Crippen LogP contribution in [0.15, 0.2) is 133 Å². The Labute approximate surface area is 398 Å². The zero-order valence-corrected chi connectivity index (χ0v) is 38.8. The van der Waals surface area contributed by atoms with Crippen LogP contribution in [0.4, 0.5) is 0 Å². The first-order chi connectivity index (χ1) is 33.5. The number of likely N-dealkylation sites (tertiary alicyclic amines) is 2. The number of piperidine rings is 2. The number of rotatable bonds is 12. The van der Waals surface area contributed by atoms with Crippen molar-refractivity contribution in [3.63, 3.8) is 0 Å². The molecule has 0 aliphatic carbocycles. The highest BCUT2D eigenvalue weighted by atomic mass is 16.1. The lowest BCUT2D eigenvalue weighted by Gasteiger charge is -2.38. The van der Waals surface area contributed by atoms with Gasteiger partial charge in [0.1, 0.15) is 22.7 Å². The summed E-state index contributed by atoms with van der Waals surface area (Å²) in [5.41, 5.74) is 8.35. The maximum atomic E-state index is 15.0. The summed E-state index contributed by atoms with van der Waals surface area (Å²) in [6, 6.07) is 46.1. The molecule has 10 nitrogen and oxygen atoms in total. The summed E-state index contributed by atoms with van der Waals surface area (Å²) < 4.78 is 0. The molecule has 0 unspecified atom stereocenters. The molecule has 0 saturated carbocycles. The topological polar surface area (TPSA) is 122 Å². The normalized spacial score (nSPS) is 22.5. The van der Waals surface area contributed by atoms with E-state index in [0.717, 1.165) is 144 Å². The third-order valence-corrected chi connectivity index (χ3v) is 15.7. The maximum Gasteiger partial charge on any atom is 0.182 e. The molecule has 6 aromatic carbocycles. The molecule has 10 heteroatoms. The van der Waals surface area contributed by atoms with Gasteiger partial charge in [-0.05, 0) is 171 Å². The van der Waals surface area contributed by atoms with Gasteiger partial charge < -0.3 is 9.97 Å². The van der Waals surface area contributed by atoms with Crippen LogP contribution in [0.1, 0.15) is 99.1 Å². The van der Waals surface area contributed by atoms with Crippen LogP contribution >= 0.6 is 0 Å². The molecule has 4 fully saturated rings. The van der Waals surface area contributed by atoms with Crippen molar-refractivity contribution in [3.8, 4) is 22.3 Å². The Balaban J connectivity index is 0.815. The van der Waals surface area contributed by atoms with E-state index in [2.05, 4.69) is 127 Å². The number of hydrogen-bond donors (Lipinski definition) is 4. The van der Waals surface area contributed by atoms with Crippen LogP contribution < -0.4 is 10.6 Å². The van der Waals surface area contributed by atoms with Gasteiger partial charge in [-0.15, -0.1) is 0 Å². The van der Waals surface area contributed by atoms with E-state index in [-0.39, 0.29) is 23.7 Å². The van der Waals surface area contributed by atoms with Crippen LogP contribution in [0.5, 0.6) is 0 Å². The summed E-state index contributed by atoms with van der Waals surface area (Å²) in [7, 11) is 0. The van der Waals surface area contributed by atoms with Crippen molar-refractivity contribution in [2.45, 2.75) is 87.4 Å². The van der Waals surface area contributed by atoms with Crippen molar-refractivity contribution in [1.82, 2.24) is 40.4 Å². The Morgan fingerprint density at radius 2 is 0.853 bits per heavy atom. The number of Topliss-reactive ketones (excluding diaryl/α,β-unsaturated/α-hetero) is 2. The molecule has 68 heavy (non-hydrogen) atoms. The van der Waals surface area contributed by atoms with Crippen LogP contribution in [0.3, 0.4) is 0 Å². The van der Waals surface area contributed by atoms with E-state index in [1.165, 1.54) is 12.8 Å². The molecule has 2 aromatic heterocycles. The van der Waals surface area contributed by atoms with Gasteiger partial charge in [0.25, 0.3) is 0 Å². The number of H-pyrrole nitrogens is 2. The minimum atomic E-state index is -0.880. The number of ketones is 2. The average molecular weight is 901 g/mol. The number of nitrogens with one attached hydrogen (secondary N) is 4. The number of nitrogens with zero attached hydrogens (tertiary/aromatic N) is 4. The van der Waals surface area contributed by atoms with Gasteiger partial charge in [0.2, 0.25) is 0 Å². The predicted molar refractivity (Wildman–Crippen MR) is 271 cm³/mol. The van der Waals surface area contributed by atoms with Gasteiger partial charge in [-0.3, -0.25) is 30.0 Å². The Bertz CT molecular complexity index is 2910. The Hall–Kier alpha value is -6.30. The quantitative estimate of drug-likeness (QED) is 0.0956. The number of aromatic nitrogens is 4. The summed E-state index contributed by atoms with van der Waals surface area (Å²) in [6.45, 7) is 5.27. The van der Waals surface area contributed by atoms with Crippen LogP contribution in [0, 0.1) is 0 Å². The molecule has 8 aromatic rings. The zero-order chi connectivity index (χ0) is 45.7. The number of benzene rings is 6. The molecule has 0 bridgehead atoms. The number of hydrogen-bond acceptors (Lipinski definition) is 8. The maximum absolute atomic E-state index is 15.0. The van der Waals surface area contributed by atoms with Gasteiger partial charge in [0, 0.05) is 0 Å². The van der Waals surface area contributed by atoms with Crippen molar-refractivity contribution < 1.29 is 9.59 Å². The fourth-order valence-corrected chi connectivity index (χ4v) is 12.1. The molecule has 4 aliphatic rings. The van der Waals surface area contributed by atoms with E-state index in [4.69, 9.17) is 9.97 Å². The standard InChI is InChI=1S/C58H60N8O2/c67-53(51(39-15-5-1-6-16-39)65-31-9-3-10-32-65)57(27-13-29-59-57)55-61-47-25-23-45(37-49(47)63-55)43-21-19-42-36-44(22-20-41(42)35-43)46-24-26-48-50(38-46)64-56(62-48)58(28-14-30-60-58)54(68)52(40-17-7-2-8-18-40)66-33-11-4-12-34-66/h1-2,5-8,15-26,35-38,51-52,59-60H,3-4,9-14,27-34H2,(H,61,63)(H,62,64)/t51-,52-,57-,58-/m1/s1. The third-order valence-electron chi connectivity index (χ3n) is 15.7. The fourth-order valence-electron chi connectivity index (χ4n) is 12.1. The minimum absolute atomic E-state index is 0.188. The second-order valence-electron chi connectivity index (χ2n) is 19.8. The number of aromatic amines is 2. The lowest BCUT2D eigenvalue weighted by Crippen LogP contribution is -2.52. The Morgan fingerprint density at radius 1 is 0.456 bits per heavy atom. The molecule has 12 rings (SSSR count). The van der Waals surface area contributed by atoms with Gasteiger partial charge in [0.15, 0.2) is 11.6 Å². The van der Waals surface area contributed by atoms with E-state index in [1.54, 1.807) is 0 Å². The van der Waals surface area contributed by atoms with E-state index < -0.39 is 11.1 Å². The molecule has 4 saturated heterocycles. The highest BCUT2D eigenvalue weighted by Crippen LogP contribution is 2.42. The SMILES string of the molecule is O=C([C@@H](c1ccccc1)N1CCCCC1)[C@@]1(c2nc3ccc(-c4ccc5cc(-c6ccc7nc([C@]8(C(=O)[C@@H](c9ccccc9)N9CCCCC9)CCCN8)[nH]c7c6)ccc5c4)cc3[nH]2)CCCN1. The first-order valence-corrected chi connectivity index (χ1v) is 25.2. The van der Waals surface area contributed by atoms with Crippen molar-refractivity contribution in [1.29, 1.82) is 0 Å². The largest absolute Gasteiger partial charge is 0.340 e. The average Bonchev–Trinajstić information content (AvgIpc) is 4.25. The highest BCUT2D eigenvalue weighted by Gasteiger charge is 2.51. The van der Waals surface area contributed by atoms with Crippen LogP contribution in [-0.4, -0.2) is 80.6 Å². The van der Waals surface area contributed by atoms with E-state index in [0.29, 0.717) is 24.5 Å². The number of carbonyl (C=O) groups is 2. The lowest BCUT2D eigenvalue weighted by molar-refractivity contribution is -0.132. The van der Waals surface area contributed by atoms with Crippen LogP contribution in [-0.2, 0) is 20.7 Å². The Morgan fingerprint density at radius 3 is 1.25 bits per heavy atom. The Kier molecular flexibility index (Phi) is 11.4. The number of fused-ring (bicyclic) bond motifs is 3. The van der Waals surface area contributed by atoms with E-state index >= 15 is 9.59 Å². The second-order valence-corrected chi connectivity index (χ2v) is 19.8. The molecule has 0 spiro atoms. The molecule has 344 valence electrons. The predicted octanol–water partition coefficient (Wildman–Crippen LogP) is 10.7. The van der Waals surface area contributed by atoms with Gasteiger partial charge in [-0.2, -0.15) is 0 Å².